The zero-order valence-electron chi connectivity index (χ0n) is 31.9. The third-order valence-corrected chi connectivity index (χ3v) is 8.55. The minimum absolute atomic E-state index is 0.0952. The number of aliphatic hydroxyl groups is 3. The van der Waals surface area contributed by atoms with Gasteiger partial charge in [0, 0.05) is 32.9 Å². The molecule has 2 aromatic rings. The van der Waals surface area contributed by atoms with Gasteiger partial charge < -0.3 is 72.9 Å². The average molecular weight is 821 g/mol. The Bertz CT molecular complexity index is 1860. The number of aromatic hydroxyl groups is 2. The maximum absolute atomic E-state index is 13.3. The van der Waals surface area contributed by atoms with Gasteiger partial charge in [0.15, 0.2) is 41.3 Å². The minimum Gasteiger partial charge on any atom is -0.504 e. The molecule has 2 aliphatic heterocycles. The molecule has 0 saturated carbocycles. The van der Waals surface area contributed by atoms with Gasteiger partial charge >= 0.3 is 29.8 Å². The van der Waals surface area contributed by atoms with Crippen molar-refractivity contribution in [2.45, 2.75) is 75.6 Å². The molecule has 0 unspecified atom stereocenters. The molecule has 0 bridgehead atoms. The molecule has 0 aliphatic carbocycles. The highest BCUT2D eigenvalue weighted by atomic mass is 16.8. The van der Waals surface area contributed by atoms with E-state index in [9.17, 15) is 49.5 Å². The Hall–Kier alpha value is -5.77. The Labute approximate surface area is 331 Å². The third-order valence-electron chi connectivity index (χ3n) is 8.55. The van der Waals surface area contributed by atoms with E-state index in [1.807, 2.05) is 0 Å². The first-order chi connectivity index (χ1) is 27.5. The molecule has 0 aromatic heterocycles. The zero-order valence-corrected chi connectivity index (χ0v) is 31.9. The highest BCUT2D eigenvalue weighted by Gasteiger charge is 2.62. The lowest BCUT2D eigenvalue weighted by Crippen LogP contribution is -2.64. The normalized spacial score (nSPS) is 26.8. The van der Waals surface area contributed by atoms with Gasteiger partial charge in [-0.3, -0.25) is 14.4 Å². The summed E-state index contributed by atoms with van der Waals surface area (Å²) < 4.78 is 54.3. The molecule has 0 spiro atoms. The Balaban J connectivity index is 1.65. The van der Waals surface area contributed by atoms with Crippen LogP contribution in [0.1, 0.15) is 31.9 Å². The number of benzene rings is 2. The van der Waals surface area contributed by atoms with Crippen molar-refractivity contribution in [1.29, 1.82) is 0 Å². The van der Waals surface area contributed by atoms with E-state index in [0.29, 0.717) is 11.1 Å². The highest BCUT2D eigenvalue weighted by Crippen LogP contribution is 2.39. The Morgan fingerprint density at radius 3 is 1.76 bits per heavy atom. The van der Waals surface area contributed by atoms with E-state index >= 15 is 0 Å². The van der Waals surface area contributed by atoms with Gasteiger partial charge in [-0.1, -0.05) is 12.1 Å². The number of carbonyl (C=O) groups is 5. The molecule has 2 aliphatic rings. The van der Waals surface area contributed by atoms with Gasteiger partial charge in [-0.15, -0.1) is 0 Å². The lowest BCUT2D eigenvalue weighted by Gasteiger charge is -2.45. The van der Waals surface area contributed by atoms with Crippen molar-refractivity contribution >= 4 is 42.0 Å². The van der Waals surface area contributed by atoms with Crippen molar-refractivity contribution < 1.29 is 96.9 Å². The van der Waals surface area contributed by atoms with Crippen LogP contribution in [0, 0.1) is 0 Å². The van der Waals surface area contributed by atoms with Gasteiger partial charge in [0.1, 0.15) is 44.2 Å². The fourth-order valence-corrected chi connectivity index (χ4v) is 5.87. The maximum atomic E-state index is 13.3. The van der Waals surface area contributed by atoms with Crippen LogP contribution in [-0.4, -0.2) is 144 Å². The monoisotopic (exact) mass is 820 g/mol. The second-order valence-electron chi connectivity index (χ2n) is 12.7. The van der Waals surface area contributed by atoms with Crippen LogP contribution in [0.5, 0.6) is 23.0 Å². The van der Waals surface area contributed by atoms with Gasteiger partial charge in [-0.25, -0.2) is 9.59 Å². The van der Waals surface area contributed by atoms with Crippen LogP contribution in [-0.2, 0) is 61.9 Å². The number of rotatable bonds is 16. The molecule has 20 heteroatoms. The Morgan fingerprint density at radius 1 is 0.707 bits per heavy atom. The first-order valence-electron chi connectivity index (χ1n) is 17.4. The van der Waals surface area contributed by atoms with Gasteiger partial charge in [-0.2, -0.15) is 0 Å². The van der Waals surface area contributed by atoms with Gasteiger partial charge in [0.05, 0.1) is 14.2 Å². The first kappa shape index (κ1) is 44.9. The summed E-state index contributed by atoms with van der Waals surface area (Å²) in [6.45, 7) is 0.496. The summed E-state index contributed by atoms with van der Waals surface area (Å²) in [4.78, 5) is 61.8. The fourth-order valence-electron chi connectivity index (χ4n) is 5.87. The summed E-state index contributed by atoms with van der Waals surface area (Å²) in [5.74, 6) is -7.41. The molecule has 58 heavy (non-hydrogen) atoms. The summed E-state index contributed by atoms with van der Waals surface area (Å²) in [5, 5.41) is 53.4. The van der Waals surface area contributed by atoms with Crippen molar-refractivity contribution in [2.24, 2.45) is 0 Å². The predicted octanol–water partition coefficient (Wildman–Crippen LogP) is 0.274. The van der Waals surface area contributed by atoms with E-state index in [2.05, 4.69) is 0 Å². The summed E-state index contributed by atoms with van der Waals surface area (Å²) in [5.41, 5.74) is 0.820. The Kier molecular flexibility index (Phi) is 15.6. The zero-order chi connectivity index (χ0) is 42.7. The summed E-state index contributed by atoms with van der Waals surface area (Å²) in [6.07, 6.45) is -9.72. The number of phenolic OH excluding ortho intramolecular Hbond substituents is 2. The topological polar surface area (TPSA) is 279 Å². The molecule has 2 aromatic carbocycles. The number of phenols is 2. The molecule has 2 saturated heterocycles. The lowest BCUT2D eigenvalue weighted by molar-refractivity contribution is -0.384. The lowest BCUT2D eigenvalue weighted by atomic mass is 9.98. The molecule has 9 atom stereocenters. The van der Waals surface area contributed by atoms with Crippen LogP contribution in [0.25, 0.3) is 12.2 Å². The van der Waals surface area contributed by atoms with Gasteiger partial charge in [0.25, 0.3) is 0 Å². The molecule has 20 nitrogen and oxygen atoms in total. The molecule has 0 amide bonds. The molecule has 5 N–H and O–H groups in total. The van der Waals surface area contributed by atoms with Crippen LogP contribution in [0.3, 0.4) is 0 Å². The first-order valence-corrected chi connectivity index (χ1v) is 17.4. The number of hydrogen-bond donors (Lipinski definition) is 5. The van der Waals surface area contributed by atoms with Crippen LogP contribution in [0.4, 0.5) is 0 Å². The quantitative estimate of drug-likeness (QED) is 0.0863. The summed E-state index contributed by atoms with van der Waals surface area (Å²) >= 11 is 0. The predicted molar refractivity (Wildman–Crippen MR) is 192 cm³/mol. The maximum Gasteiger partial charge on any atom is 0.331 e. The van der Waals surface area contributed by atoms with Crippen molar-refractivity contribution in [1.82, 2.24) is 0 Å². The van der Waals surface area contributed by atoms with Crippen molar-refractivity contribution in [3.05, 3.63) is 59.7 Å². The molecular weight excluding hydrogens is 776 g/mol. The number of aliphatic hydroxyl groups excluding tert-OH is 3. The number of carbonyl (C=O) groups excluding carboxylic acids is 5. The average Bonchev–Trinajstić information content (AvgIpc) is 3.43. The van der Waals surface area contributed by atoms with Crippen molar-refractivity contribution in [3.63, 3.8) is 0 Å². The van der Waals surface area contributed by atoms with E-state index in [1.165, 1.54) is 62.8 Å². The van der Waals surface area contributed by atoms with Crippen LogP contribution < -0.4 is 9.47 Å². The molecule has 2 heterocycles. The van der Waals surface area contributed by atoms with Crippen molar-refractivity contribution in [2.75, 3.05) is 34.0 Å². The molecule has 0 radical (unpaired) electrons. The summed E-state index contributed by atoms with van der Waals surface area (Å²) in [7, 11) is 2.66. The van der Waals surface area contributed by atoms with Crippen molar-refractivity contribution in [3.8, 4) is 23.0 Å². The van der Waals surface area contributed by atoms with E-state index in [1.54, 1.807) is 0 Å². The summed E-state index contributed by atoms with van der Waals surface area (Å²) in [6, 6.07) is 8.44. The van der Waals surface area contributed by atoms with E-state index in [4.69, 9.17) is 47.4 Å². The smallest absolute Gasteiger partial charge is 0.331 e. The Morgan fingerprint density at radius 2 is 1.24 bits per heavy atom. The van der Waals surface area contributed by atoms with Gasteiger partial charge in [-0.05, 0) is 47.5 Å². The second kappa shape index (κ2) is 20.1. The molecular formula is C38H44O20. The van der Waals surface area contributed by atoms with Crippen LogP contribution in [0.15, 0.2) is 48.6 Å². The number of hydrogen-bond acceptors (Lipinski definition) is 20. The number of ether oxygens (including phenoxy) is 10. The highest BCUT2D eigenvalue weighted by molar-refractivity contribution is 5.88. The molecule has 2 fully saturated rings. The third kappa shape index (κ3) is 11.4. The van der Waals surface area contributed by atoms with Gasteiger partial charge in [0.2, 0.25) is 12.1 Å². The van der Waals surface area contributed by atoms with E-state index in [0.717, 1.165) is 32.9 Å². The largest absolute Gasteiger partial charge is 0.504 e. The van der Waals surface area contributed by atoms with E-state index < -0.39 is 104 Å². The second-order valence-corrected chi connectivity index (χ2v) is 12.7. The van der Waals surface area contributed by atoms with Crippen LogP contribution in [0.2, 0.25) is 0 Å². The molecule has 4 rings (SSSR count). The minimum atomic E-state index is -2.62. The number of methoxy groups -OCH3 is 2. The van der Waals surface area contributed by atoms with E-state index in [-0.39, 0.29) is 23.0 Å². The fraction of sp³-hybridized carbons (Fsp3) is 0.447. The SMILES string of the molecule is COc1cc(/C=C/C(=O)OC[C@H]2O[C@@](CO)(O[C@H]3O[C@H](COC(C)=O)[C@@H](OC(C)=O)[C@@H](O)[C@H]3OC(C)=O)[C@@H](OC(=O)/C=C/c3ccc(O)c(OC)c3)[C@H]2O)ccc1O. The molecule has 316 valence electrons. The standard InChI is InChI=1S/C38H44O20/c1-19(40)51-17-29-34(53-20(2)41)33(48)35(54-21(3)42)37(55-29)58-38(18-39)36(56-31(46)13-9-23-7-11-25(44)27(15-23)50-5)32(47)28(57-38)16-52-30(45)12-8-22-6-10-24(43)26(14-22)49-4/h6-15,28-29,32-37,39,43-44,47-48H,16-18H2,1-5H3/b12-8+,13-9+/t28-,29-,32+,33-,34-,35-,36+,37-,38+/m1/s1. The van der Waals surface area contributed by atoms with Crippen LogP contribution >= 0.6 is 0 Å². The number of esters is 5.